The number of hydrogen-bond donors (Lipinski definition) is 0. The number of carbonyl (C=O) groups excluding carboxylic acids is 2. The summed E-state index contributed by atoms with van der Waals surface area (Å²) in [5.74, 6) is 2.45. The fourth-order valence-corrected chi connectivity index (χ4v) is 9.59. The van der Waals surface area contributed by atoms with E-state index in [-0.39, 0.29) is 29.6 Å². The molecule has 9 atom stereocenters. The first-order valence-electron chi connectivity index (χ1n) is 13.8. The summed E-state index contributed by atoms with van der Waals surface area (Å²) in [5.41, 5.74) is 0.405. The Labute approximate surface area is 205 Å². The molecule has 4 saturated carbocycles. The van der Waals surface area contributed by atoms with Crippen LogP contribution >= 0.6 is 0 Å². The van der Waals surface area contributed by atoms with Crippen molar-refractivity contribution in [3.05, 3.63) is 0 Å². The van der Waals surface area contributed by atoms with Crippen LogP contribution in [0.4, 0.5) is 0 Å². The van der Waals surface area contributed by atoms with Gasteiger partial charge in [0, 0.05) is 25.7 Å². The van der Waals surface area contributed by atoms with Gasteiger partial charge in [-0.15, -0.1) is 0 Å². The Kier molecular flexibility index (Phi) is 6.32. The maximum atomic E-state index is 12.3. The third kappa shape index (κ3) is 3.91. The van der Waals surface area contributed by atoms with Gasteiger partial charge in [0.15, 0.2) is 6.10 Å². The second kappa shape index (κ2) is 8.76. The van der Waals surface area contributed by atoms with E-state index >= 15 is 0 Å². The fourth-order valence-electron chi connectivity index (χ4n) is 9.59. The Morgan fingerprint density at radius 2 is 1.53 bits per heavy atom. The van der Waals surface area contributed by atoms with Crippen molar-refractivity contribution in [2.45, 2.75) is 97.3 Å². The number of carbonyl (C=O) groups is 2. The molecule has 0 bridgehead atoms. The van der Waals surface area contributed by atoms with Crippen LogP contribution in [-0.2, 0) is 23.8 Å². The van der Waals surface area contributed by atoms with E-state index in [2.05, 4.69) is 20.9 Å². The first kappa shape index (κ1) is 24.5. The van der Waals surface area contributed by atoms with Crippen LogP contribution in [0.5, 0.6) is 0 Å². The number of ether oxygens (including phenoxy) is 3. The van der Waals surface area contributed by atoms with E-state index in [9.17, 15) is 9.59 Å². The molecule has 34 heavy (non-hydrogen) atoms. The molecule has 0 spiro atoms. The minimum absolute atomic E-state index is 0.00397. The normalized spacial score (nSPS) is 47.6. The maximum Gasteiger partial charge on any atom is 0.303 e. The van der Waals surface area contributed by atoms with Crippen molar-refractivity contribution in [2.75, 3.05) is 33.4 Å². The summed E-state index contributed by atoms with van der Waals surface area (Å²) in [7, 11) is 2.37. The first-order chi connectivity index (χ1) is 16.1. The SMILES string of the molecule is CC(=O)O[C@H]1CC[C@@]2(C)[C@@H](CC[C@@H]3[C@@H]2CC[C@@]2(C)[C@H]3C[C@H]([N+]3(C)CCOCC3)[C@@H]2OC(C)=O)C1. The van der Waals surface area contributed by atoms with Crippen molar-refractivity contribution in [2.24, 2.45) is 34.5 Å². The highest BCUT2D eigenvalue weighted by molar-refractivity contribution is 5.66. The lowest BCUT2D eigenvalue weighted by molar-refractivity contribution is -0.942. The third-order valence-corrected chi connectivity index (χ3v) is 11.5. The van der Waals surface area contributed by atoms with E-state index in [4.69, 9.17) is 14.2 Å². The van der Waals surface area contributed by atoms with Crippen molar-refractivity contribution in [3.8, 4) is 0 Å². The lowest BCUT2D eigenvalue weighted by Gasteiger charge is -2.60. The van der Waals surface area contributed by atoms with Gasteiger partial charge >= 0.3 is 11.9 Å². The predicted octanol–water partition coefficient (Wildman–Crippen LogP) is 4.35. The molecule has 0 aromatic heterocycles. The largest absolute Gasteiger partial charge is 0.463 e. The van der Waals surface area contributed by atoms with Gasteiger partial charge in [0.05, 0.1) is 20.3 Å². The van der Waals surface area contributed by atoms with Gasteiger partial charge in [-0.3, -0.25) is 9.59 Å². The second-order valence-electron chi connectivity index (χ2n) is 13.1. The molecule has 4 aliphatic carbocycles. The maximum absolute atomic E-state index is 12.3. The monoisotopic (exact) mass is 476 g/mol. The van der Waals surface area contributed by atoms with Crippen molar-refractivity contribution >= 4 is 11.9 Å². The molecule has 0 unspecified atom stereocenters. The van der Waals surface area contributed by atoms with Gasteiger partial charge < -0.3 is 18.7 Å². The molecular formula is C28H46NO5+. The molecule has 6 nitrogen and oxygen atoms in total. The minimum Gasteiger partial charge on any atom is -0.463 e. The van der Waals surface area contributed by atoms with Crippen LogP contribution in [0.2, 0.25) is 0 Å². The zero-order valence-electron chi connectivity index (χ0n) is 22.0. The van der Waals surface area contributed by atoms with Crippen LogP contribution in [0.25, 0.3) is 0 Å². The van der Waals surface area contributed by atoms with Crippen LogP contribution in [0.3, 0.4) is 0 Å². The number of fused-ring (bicyclic) bond motifs is 5. The van der Waals surface area contributed by atoms with Gasteiger partial charge in [-0.05, 0) is 74.0 Å². The van der Waals surface area contributed by atoms with E-state index in [0.717, 1.165) is 56.0 Å². The molecule has 0 aromatic rings. The van der Waals surface area contributed by atoms with E-state index in [1.54, 1.807) is 13.8 Å². The highest BCUT2D eigenvalue weighted by Crippen LogP contribution is 2.67. The fraction of sp³-hybridized carbons (Fsp3) is 0.929. The van der Waals surface area contributed by atoms with E-state index < -0.39 is 0 Å². The Morgan fingerprint density at radius 1 is 0.853 bits per heavy atom. The molecule has 0 N–H and O–H groups in total. The highest BCUT2D eigenvalue weighted by Gasteiger charge is 2.66. The predicted molar refractivity (Wildman–Crippen MR) is 129 cm³/mol. The zero-order valence-corrected chi connectivity index (χ0v) is 22.0. The number of rotatable bonds is 3. The van der Waals surface area contributed by atoms with Crippen LogP contribution in [0.15, 0.2) is 0 Å². The van der Waals surface area contributed by atoms with Gasteiger partial charge in [-0.1, -0.05) is 13.8 Å². The van der Waals surface area contributed by atoms with Crippen LogP contribution in [-0.4, -0.2) is 68.0 Å². The first-order valence-corrected chi connectivity index (χ1v) is 13.8. The van der Waals surface area contributed by atoms with Crippen molar-refractivity contribution in [1.29, 1.82) is 0 Å². The van der Waals surface area contributed by atoms with Crippen molar-refractivity contribution in [1.82, 2.24) is 0 Å². The molecule has 1 heterocycles. The average molecular weight is 477 g/mol. The molecule has 5 fully saturated rings. The molecule has 5 rings (SSSR count). The van der Waals surface area contributed by atoms with Crippen LogP contribution in [0, 0.1) is 34.5 Å². The van der Waals surface area contributed by atoms with Crippen molar-refractivity contribution < 1.29 is 28.3 Å². The van der Waals surface area contributed by atoms with Gasteiger partial charge in [0.25, 0.3) is 0 Å². The number of nitrogens with zero attached hydrogens (tertiary/aromatic N) is 1. The number of quaternary nitrogens is 1. The summed E-state index contributed by atoms with van der Waals surface area (Å²) in [6.07, 6.45) is 9.39. The summed E-state index contributed by atoms with van der Waals surface area (Å²) in [4.78, 5) is 23.9. The van der Waals surface area contributed by atoms with E-state index in [1.165, 1.54) is 32.1 Å². The topological polar surface area (TPSA) is 61.8 Å². The molecule has 5 aliphatic rings. The van der Waals surface area contributed by atoms with Gasteiger partial charge in [-0.2, -0.15) is 0 Å². The smallest absolute Gasteiger partial charge is 0.303 e. The molecule has 1 aliphatic heterocycles. The number of likely N-dealkylation sites (N-methyl/N-ethyl adjacent to an activating group) is 1. The molecule has 1 saturated heterocycles. The molecule has 0 aromatic carbocycles. The lowest BCUT2D eigenvalue weighted by atomic mass is 9.45. The average Bonchev–Trinajstić information content (AvgIpc) is 3.07. The summed E-state index contributed by atoms with van der Waals surface area (Å²) in [6.45, 7) is 11.8. The molecule has 6 heteroatoms. The van der Waals surface area contributed by atoms with Gasteiger partial charge in [0.2, 0.25) is 0 Å². The quantitative estimate of drug-likeness (QED) is 0.448. The second-order valence-corrected chi connectivity index (χ2v) is 13.1. The summed E-state index contributed by atoms with van der Waals surface area (Å²) < 4.78 is 18.6. The summed E-state index contributed by atoms with van der Waals surface area (Å²) in [5, 5.41) is 0. The standard InChI is InChI=1S/C28H46NO5/c1-18(30)33-21-8-10-27(3)20(16-21)6-7-22-23(27)9-11-28(4)24(22)17-25(26(28)34-19(2)31)29(5)12-14-32-15-13-29/h20-26H,6-17H2,1-5H3/q+1/t20-,21-,22+,23-,24-,25-,26-,27-,28-/m0/s1. The molecular weight excluding hydrogens is 430 g/mol. The third-order valence-electron chi connectivity index (χ3n) is 11.5. The lowest BCUT2D eigenvalue weighted by Crippen LogP contribution is -2.62. The highest BCUT2D eigenvalue weighted by atomic mass is 16.5. The number of morpholine rings is 1. The minimum atomic E-state index is -0.135. The Balaban J connectivity index is 1.41. The Bertz CT molecular complexity index is 809. The molecule has 0 amide bonds. The molecule has 192 valence electrons. The van der Waals surface area contributed by atoms with E-state index in [1.807, 2.05) is 0 Å². The summed E-state index contributed by atoms with van der Waals surface area (Å²) in [6, 6.07) is 0.367. The van der Waals surface area contributed by atoms with E-state index in [0.29, 0.717) is 29.2 Å². The Morgan fingerprint density at radius 3 is 2.21 bits per heavy atom. The Hall–Kier alpha value is -1.14. The summed E-state index contributed by atoms with van der Waals surface area (Å²) >= 11 is 0. The van der Waals surface area contributed by atoms with Crippen molar-refractivity contribution in [3.63, 3.8) is 0 Å². The number of esters is 2. The van der Waals surface area contributed by atoms with Gasteiger partial charge in [-0.25, -0.2) is 0 Å². The number of hydrogen-bond acceptors (Lipinski definition) is 5. The molecule has 0 radical (unpaired) electrons. The van der Waals surface area contributed by atoms with Crippen LogP contribution < -0.4 is 0 Å². The van der Waals surface area contributed by atoms with Gasteiger partial charge in [0.1, 0.15) is 25.2 Å². The zero-order chi connectivity index (χ0) is 24.3. The van der Waals surface area contributed by atoms with Crippen LogP contribution in [0.1, 0.15) is 79.1 Å².